The number of carbonyl (C=O) groups is 2. The summed E-state index contributed by atoms with van der Waals surface area (Å²) in [6.07, 6.45) is 7.38. The zero-order chi connectivity index (χ0) is 20.7. The van der Waals surface area contributed by atoms with Gasteiger partial charge in [-0.3, -0.25) is 14.5 Å². The Hall–Kier alpha value is -2.46. The molecular weight excluding hydrogens is 372 g/mol. The Balaban J connectivity index is 2.34. The van der Waals surface area contributed by atoms with Crippen LogP contribution in [0.3, 0.4) is 0 Å². The molecule has 1 aliphatic rings. The van der Waals surface area contributed by atoms with Gasteiger partial charge >= 0.3 is 0 Å². The fourth-order valence-electron chi connectivity index (χ4n) is 3.14. The third-order valence-electron chi connectivity index (χ3n) is 4.86. The minimum atomic E-state index is -0.473. The zero-order valence-corrected chi connectivity index (χ0v) is 17.9. The summed E-state index contributed by atoms with van der Waals surface area (Å²) in [6.45, 7) is 17.4. The monoisotopic (exact) mass is 400 g/mol. The molecule has 0 saturated heterocycles. The molecule has 0 bridgehead atoms. The van der Waals surface area contributed by atoms with Gasteiger partial charge in [-0.25, -0.2) is 9.83 Å². The van der Waals surface area contributed by atoms with Crippen molar-refractivity contribution >= 4 is 34.4 Å². The number of imide groups is 1. The molecular formula is C21H28N4O2S. The Kier molecular flexibility index (Phi) is 7.94. The highest BCUT2D eigenvalue weighted by Crippen LogP contribution is 2.31. The molecule has 0 aromatic carbocycles. The van der Waals surface area contributed by atoms with Crippen molar-refractivity contribution in [2.45, 2.75) is 53.4 Å². The first-order chi connectivity index (χ1) is 13.5. The molecule has 6 nitrogen and oxygen atoms in total. The van der Waals surface area contributed by atoms with E-state index in [0.717, 1.165) is 48.8 Å². The number of unbranched alkanes of at least 4 members (excludes halogenated alkanes) is 3. The minimum Gasteiger partial charge on any atom is -0.349 e. The smallest absolute Gasteiger partial charge is 0.260 e. The highest BCUT2D eigenvalue weighted by Gasteiger charge is 2.35. The molecule has 1 aromatic rings. The van der Waals surface area contributed by atoms with Gasteiger partial charge in [-0.15, -0.1) is 0 Å². The summed E-state index contributed by atoms with van der Waals surface area (Å²) in [7, 11) is 0. The lowest BCUT2D eigenvalue weighted by molar-refractivity contribution is -0.140. The topological polar surface area (TPSA) is 57.9 Å². The van der Waals surface area contributed by atoms with Gasteiger partial charge in [-0.05, 0) is 38.8 Å². The van der Waals surface area contributed by atoms with Gasteiger partial charge in [0.15, 0.2) is 5.13 Å². The van der Waals surface area contributed by atoms with Crippen LogP contribution in [0.25, 0.3) is 10.9 Å². The van der Waals surface area contributed by atoms with Crippen molar-refractivity contribution in [3.8, 4) is 0 Å². The van der Waals surface area contributed by atoms with Crippen molar-refractivity contribution in [1.29, 1.82) is 0 Å². The van der Waals surface area contributed by atoms with Crippen LogP contribution in [0, 0.1) is 6.57 Å². The van der Waals surface area contributed by atoms with E-state index in [4.69, 9.17) is 6.57 Å². The first-order valence-electron chi connectivity index (χ1n) is 9.85. The summed E-state index contributed by atoms with van der Waals surface area (Å²) in [5.74, 6) is -0.788. The van der Waals surface area contributed by atoms with E-state index in [-0.39, 0.29) is 11.6 Å². The van der Waals surface area contributed by atoms with Crippen LogP contribution in [0.1, 0.15) is 58.3 Å². The Morgan fingerprint density at radius 3 is 2.50 bits per heavy atom. The molecule has 2 amide bonds. The average molecular weight is 401 g/mol. The van der Waals surface area contributed by atoms with Crippen molar-refractivity contribution in [3.63, 3.8) is 0 Å². The lowest BCUT2D eigenvalue weighted by Gasteiger charge is -2.27. The van der Waals surface area contributed by atoms with Crippen LogP contribution >= 0.6 is 11.3 Å². The number of anilines is 1. The SMILES string of the molecule is [C-]#[N+]C1=C(C)/C(=C\c2cnc(N(CC)CC)s2)C(=O)N(CCCCCC)C1=O. The molecule has 0 spiro atoms. The molecule has 7 heteroatoms. The third-order valence-corrected chi connectivity index (χ3v) is 5.87. The molecule has 1 aliphatic heterocycles. The molecule has 0 radical (unpaired) electrons. The molecule has 0 fully saturated rings. The van der Waals surface area contributed by atoms with E-state index in [1.165, 1.54) is 16.2 Å². The Bertz CT molecular complexity index is 828. The molecule has 2 rings (SSSR count). The van der Waals surface area contributed by atoms with Crippen LogP contribution in [0.15, 0.2) is 23.0 Å². The normalized spacial score (nSPS) is 16.1. The van der Waals surface area contributed by atoms with Gasteiger partial charge in [0, 0.05) is 36.3 Å². The summed E-state index contributed by atoms with van der Waals surface area (Å²) < 4.78 is 0. The summed E-state index contributed by atoms with van der Waals surface area (Å²) in [4.78, 5) is 37.7. The first-order valence-corrected chi connectivity index (χ1v) is 10.7. The van der Waals surface area contributed by atoms with Crippen molar-refractivity contribution in [3.05, 3.63) is 39.3 Å². The number of carbonyl (C=O) groups excluding carboxylic acids is 2. The standard InChI is InChI=1S/C21H28N4O2S/c1-6-9-10-11-12-25-19(26)17(15(4)18(22-5)20(25)27)13-16-14-23-21(28-16)24(7-2)8-3/h13-14H,6-12H2,1-4H3/b17-13+. The molecule has 2 heterocycles. The van der Waals surface area contributed by atoms with Crippen molar-refractivity contribution in [2.75, 3.05) is 24.5 Å². The van der Waals surface area contributed by atoms with Crippen LogP contribution < -0.4 is 4.90 Å². The highest BCUT2D eigenvalue weighted by atomic mass is 32.1. The number of nitrogens with zero attached hydrogens (tertiary/aromatic N) is 4. The van der Waals surface area contributed by atoms with Crippen LogP contribution in [0.5, 0.6) is 0 Å². The maximum atomic E-state index is 13.0. The molecule has 0 N–H and O–H groups in total. The molecule has 0 atom stereocenters. The highest BCUT2D eigenvalue weighted by molar-refractivity contribution is 7.16. The largest absolute Gasteiger partial charge is 0.349 e. The predicted octanol–water partition coefficient (Wildman–Crippen LogP) is 4.52. The van der Waals surface area contributed by atoms with E-state index in [1.54, 1.807) is 19.2 Å². The van der Waals surface area contributed by atoms with Gasteiger partial charge in [-0.2, -0.15) is 0 Å². The Labute approximate surface area is 171 Å². The number of hydrogen-bond donors (Lipinski definition) is 0. The molecule has 0 saturated carbocycles. The fourth-order valence-corrected chi connectivity index (χ4v) is 4.13. The quantitative estimate of drug-likeness (QED) is 0.265. The molecule has 1 aromatic heterocycles. The van der Waals surface area contributed by atoms with E-state index in [2.05, 4.69) is 35.5 Å². The first kappa shape index (κ1) is 21.8. The number of aromatic nitrogens is 1. The minimum absolute atomic E-state index is 0.0369. The van der Waals surface area contributed by atoms with Gasteiger partial charge < -0.3 is 4.90 Å². The number of rotatable bonds is 9. The summed E-state index contributed by atoms with van der Waals surface area (Å²) >= 11 is 1.51. The van der Waals surface area contributed by atoms with Crippen molar-refractivity contribution in [1.82, 2.24) is 9.88 Å². The van der Waals surface area contributed by atoms with E-state index >= 15 is 0 Å². The lowest BCUT2D eigenvalue weighted by Crippen LogP contribution is -2.42. The van der Waals surface area contributed by atoms with Gasteiger partial charge in [0.05, 0.1) is 6.57 Å². The lowest BCUT2D eigenvalue weighted by atomic mass is 9.98. The van der Waals surface area contributed by atoms with Gasteiger partial charge in [-0.1, -0.05) is 37.5 Å². The molecule has 150 valence electrons. The average Bonchev–Trinajstić information content (AvgIpc) is 3.14. The third kappa shape index (κ3) is 4.68. The molecule has 28 heavy (non-hydrogen) atoms. The maximum Gasteiger partial charge on any atom is 0.260 e. The fraction of sp³-hybridized carbons (Fsp3) is 0.524. The second-order valence-corrected chi connectivity index (χ2v) is 7.72. The van der Waals surface area contributed by atoms with Crippen molar-refractivity contribution in [2.24, 2.45) is 0 Å². The van der Waals surface area contributed by atoms with Crippen molar-refractivity contribution < 1.29 is 9.59 Å². The van der Waals surface area contributed by atoms with E-state index in [0.29, 0.717) is 17.7 Å². The Morgan fingerprint density at radius 2 is 1.89 bits per heavy atom. The second-order valence-electron chi connectivity index (χ2n) is 6.68. The maximum absolute atomic E-state index is 13.0. The van der Waals surface area contributed by atoms with Gasteiger partial charge in [0.2, 0.25) is 0 Å². The number of amides is 2. The van der Waals surface area contributed by atoms with Gasteiger partial charge in [0.1, 0.15) is 0 Å². The zero-order valence-electron chi connectivity index (χ0n) is 17.1. The predicted molar refractivity (Wildman–Crippen MR) is 114 cm³/mol. The van der Waals surface area contributed by atoms with Crippen LogP contribution in [-0.4, -0.2) is 41.3 Å². The van der Waals surface area contributed by atoms with E-state index < -0.39 is 5.91 Å². The molecule has 0 aliphatic carbocycles. The van der Waals surface area contributed by atoms with Crippen LogP contribution in [0.2, 0.25) is 0 Å². The second kappa shape index (κ2) is 10.2. The molecule has 0 unspecified atom stereocenters. The number of hydrogen-bond acceptors (Lipinski definition) is 5. The number of thiazole rings is 1. The van der Waals surface area contributed by atoms with E-state index in [1.807, 2.05) is 0 Å². The summed E-state index contributed by atoms with van der Waals surface area (Å²) in [5.41, 5.74) is 0.901. The van der Waals surface area contributed by atoms with Crippen LogP contribution in [0.4, 0.5) is 5.13 Å². The Morgan fingerprint density at radius 1 is 1.18 bits per heavy atom. The summed E-state index contributed by atoms with van der Waals surface area (Å²) in [6, 6.07) is 0. The van der Waals surface area contributed by atoms with Gasteiger partial charge in [0.25, 0.3) is 17.5 Å². The summed E-state index contributed by atoms with van der Waals surface area (Å²) in [5, 5.41) is 0.902. The van der Waals surface area contributed by atoms with Crippen LogP contribution in [-0.2, 0) is 9.59 Å². The van der Waals surface area contributed by atoms with E-state index in [9.17, 15) is 9.59 Å².